The SMILES string of the molecule is COc1ccc(Br)cc1C(=O)c1cc(Cl)ccc1Br. The third-order valence-electron chi connectivity index (χ3n) is 2.58. The zero-order chi connectivity index (χ0) is 14.0. The molecule has 0 fully saturated rings. The summed E-state index contributed by atoms with van der Waals surface area (Å²) in [4.78, 5) is 12.6. The molecule has 0 heterocycles. The minimum atomic E-state index is -0.146. The molecule has 0 amide bonds. The van der Waals surface area contributed by atoms with Gasteiger partial charge in [0.1, 0.15) is 5.75 Å². The lowest BCUT2D eigenvalue weighted by molar-refractivity contribution is 0.103. The number of rotatable bonds is 3. The van der Waals surface area contributed by atoms with Crippen LogP contribution in [0.25, 0.3) is 0 Å². The minimum absolute atomic E-state index is 0.146. The third kappa shape index (κ3) is 3.19. The van der Waals surface area contributed by atoms with Crippen molar-refractivity contribution in [3.05, 3.63) is 61.5 Å². The first-order chi connectivity index (χ1) is 9.02. The van der Waals surface area contributed by atoms with Crippen LogP contribution in [0, 0.1) is 0 Å². The van der Waals surface area contributed by atoms with E-state index >= 15 is 0 Å². The standard InChI is InChI=1S/C14H9Br2ClO2/c1-19-13-5-2-8(15)6-11(13)14(18)10-7-9(17)3-4-12(10)16/h2-7H,1H3. The van der Waals surface area contributed by atoms with Gasteiger partial charge in [-0.2, -0.15) is 0 Å². The van der Waals surface area contributed by atoms with Gasteiger partial charge < -0.3 is 4.74 Å². The van der Waals surface area contributed by atoms with Crippen LogP contribution in [-0.4, -0.2) is 12.9 Å². The summed E-state index contributed by atoms with van der Waals surface area (Å²) in [7, 11) is 1.53. The predicted octanol–water partition coefficient (Wildman–Crippen LogP) is 5.10. The summed E-state index contributed by atoms with van der Waals surface area (Å²) in [6.45, 7) is 0. The molecule has 2 rings (SSSR count). The zero-order valence-electron chi connectivity index (χ0n) is 9.91. The summed E-state index contributed by atoms with van der Waals surface area (Å²) >= 11 is 12.7. The van der Waals surface area contributed by atoms with E-state index in [1.807, 2.05) is 6.07 Å². The molecule has 5 heteroatoms. The minimum Gasteiger partial charge on any atom is -0.496 e. The van der Waals surface area contributed by atoms with Crippen molar-refractivity contribution in [2.24, 2.45) is 0 Å². The first-order valence-electron chi connectivity index (χ1n) is 5.36. The predicted molar refractivity (Wildman–Crippen MR) is 83.3 cm³/mol. The van der Waals surface area contributed by atoms with Gasteiger partial charge >= 0.3 is 0 Å². The fourth-order valence-corrected chi connectivity index (χ4v) is 2.63. The number of hydrogen-bond donors (Lipinski definition) is 0. The monoisotopic (exact) mass is 402 g/mol. The van der Waals surface area contributed by atoms with Crippen LogP contribution >= 0.6 is 43.5 Å². The average molecular weight is 404 g/mol. The number of carbonyl (C=O) groups is 1. The maximum absolute atomic E-state index is 12.6. The van der Waals surface area contributed by atoms with Crippen LogP contribution in [0.3, 0.4) is 0 Å². The number of hydrogen-bond acceptors (Lipinski definition) is 2. The van der Waals surface area contributed by atoms with E-state index < -0.39 is 0 Å². The lowest BCUT2D eigenvalue weighted by Gasteiger charge is -2.09. The summed E-state index contributed by atoms with van der Waals surface area (Å²) < 4.78 is 6.74. The molecule has 0 aliphatic rings. The van der Waals surface area contributed by atoms with Crippen LogP contribution in [0.2, 0.25) is 5.02 Å². The molecule has 98 valence electrons. The van der Waals surface area contributed by atoms with E-state index in [9.17, 15) is 4.79 Å². The van der Waals surface area contributed by atoms with Gasteiger partial charge in [-0.3, -0.25) is 4.79 Å². The maximum atomic E-state index is 12.6. The second-order valence-corrected chi connectivity index (χ2v) is 6.00. The molecule has 0 saturated heterocycles. The lowest BCUT2D eigenvalue weighted by Crippen LogP contribution is -2.05. The first kappa shape index (κ1) is 14.6. The Labute approximate surface area is 133 Å². The van der Waals surface area contributed by atoms with Gasteiger partial charge in [0.2, 0.25) is 0 Å². The Morgan fingerprint density at radius 1 is 1.11 bits per heavy atom. The highest BCUT2D eigenvalue weighted by molar-refractivity contribution is 9.10. The summed E-state index contributed by atoms with van der Waals surface area (Å²) in [5.74, 6) is 0.382. The molecule has 0 radical (unpaired) electrons. The summed E-state index contributed by atoms with van der Waals surface area (Å²) in [5.41, 5.74) is 0.990. The van der Waals surface area contributed by atoms with Crippen LogP contribution in [0.15, 0.2) is 45.3 Å². The Kier molecular flexibility index (Phi) is 4.66. The summed E-state index contributed by atoms with van der Waals surface area (Å²) in [6, 6.07) is 10.4. The Hall–Kier alpha value is -0.840. The van der Waals surface area contributed by atoms with E-state index in [1.54, 1.807) is 30.3 Å². The Morgan fingerprint density at radius 3 is 2.53 bits per heavy atom. The number of halogens is 3. The Bertz CT molecular complexity index is 641. The highest BCUT2D eigenvalue weighted by Crippen LogP contribution is 2.29. The molecule has 2 nitrogen and oxygen atoms in total. The van der Waals surface area contributed by atoms with Gasteiger partial charge in [-0.1, -0.05) is 43.5 Å². The van der Waals surface area contributed by atoms with Gasteiger partial charge in [0.25, 0.3) is 0 Å². The topological polar surface area (TPSA) is 26.3 Å². The highest BCUT2D eigenvalue weighted by Gasteiger charge is 2.17. The quantitative estimate of drug-likeness (QED) is 0.665. The molecular weight excluding hydrogens is 395 g/mol. The number of benzene rings is 2. The summed E-state index contributed by atoms with van der Waals surface area (Å²) in [5, 5.41) is 0.514. The number of ether oxygens (including phenoxy) is 1. The van der Waals surface area contributed by atoms with Crippen molar-refractivity contribution in [2.75, 3.05) is 7.11 Å². The van der Waals surface area contributed by atoms with Crippen molar-refractivity contribution in [1.29, 1.82) is 0 Å². The van der Waals surface area contributed by atoms with Crippen molar-refractivity contribution in [1.82, 2.24) is 0 Å². The Morgan fingerprint density at radius 2 is 1.84 bits per heavy atom. The van der Waals surface area contributed by atoms with Gasteiger partial charge in [-0.15, -0.1) is 0 Å². The number of carbonyl (C=O) groups excluding carboxylic acids is 1. The van der Waals surface area contributed by atoms with Crippen molar-refractivity contribution in [3.63, 3.8) is 0 Å². The second kappa shape index (κ2) is 6.07. The first-order valence-corrected chi connectivity index (χ1v) is 7.32. The van der Waals surface area contributed by atoms with Crippen LogP contribution < -0.4 is 4.74 Å². The van der Waals surface area contributed by atoms with Crippen LogP contribution in [0.5, 0.6) is 5.75 Å². The van der Waals surface area contributed by atoms with E-state index in [0.717, 1.165) is 4.47 Å². The van der Waals surface area contributed by atoms with E-state index in [2.05, 4.69) is 31.9 Å². The van der Waals surface area contributed by atoms with Gasteiger partial charge in [0, 0.05) is 19.5 Å². The van der Waals surface area contributed by atoms with E-state index in [1.165, 1.54) is 7.11 Å². The van der Waals surface area contributed by atoms with Crippen LogP contribution in [0.4, 0.5) is 0 Å². The molecule has 0 aliphatic heterocycles. The zero-order valence-corrected chi connectivity index (χ0v) is 13.8. The largest absolute Gasteiger partial charge is 0.496 e. The molecule has 0 aliphatic carbocycles. The normalized spacial score (nSPS) is 10.3. The lowest BCUT2D eigenvalue weighted by atomic mass is 10.0. The molecule has 0 aromatic heterocycles. The fourth-order valence-electron chi connectivity index (χ4n) is 1.67. The van der Waals surface area contributed by atoms with Crippen LogP contribution in [-0.2, 0) is 0 Å². The Balaban J connectivity index is 2.55. The van der Waals surface area contributed by atoms with Gasteiger partial charge in [-0.25, -0.2) is 0 Å². The molecule has 0 saturated carbocycles. The molecule has 0 N–H and O–H groups in total. The third-order valence-corrected chi connectivity index (χ3v) is 4.00. The molecule has 2 aromatic carbocycles. The average Bonchev–Trinajstić information content (AvgIpc) is 2.40. The van der Waals surface area contributed by atoms with Gasteiger partial charge in [0.05, 0.1) is 12.7 Å². The van der Waals surface area contributed by atoms with Gasteiger partial charge in [-0.05, 0) is 36.4 Å². The van der Waals surface area contributed by atoms with E-state index in [4.69, 9.17) is 16.3 Å². The molecule has 19 heavy (non-hydrogen) atoms. The molecular formula is C14H9Br2ClO2. The van der Waals surface area contributed by atoms with Crippen molar-refractivity contribution >= 4 is 49.2 Å². The fraction of sp³-hybridized carbons (Fsp3) is 0.0714. The van der Waals surface area contributed by atoms with Crippen molar-refractivity contribution in [3.8, 4) is 5.75 Å². The van der Waals surface area contributed by atoms with Crippen molar-refractivity contribution < 1.29 is 9.53 Å². The van der Waals surface area contributed by atoms with Crippen LogP contribution in [0.1, 0.15) is 15.9 Å². The number of ketones is 1. The second-order valence-electron chi connectivity index (χ2n) is 3.80. The highest BCUT2D eigenvalue weighted by atomic mass is 79.9. The maximum Gasteiger partial charge on any atom is 0.197 e. The summed E-state index contributed by atoms with van der Waals surface area (Å²) in [6.07, 6.45) is 0. The van der Waals surface area contributed by atoms with E-state index in [-0.39, 0.29) is 5.78 Å². The van der Waals surface area contributed by atoms with Crippen molar-refractivity contribution in [2.45, 2.75) is 0 Å². The molecule has 0 unspecified atom stereocenters. The molecule has 0 bridgehead atoms. The number of methoxy groups -OCH3 is 1. The molecule has 0 atom stereocenters. The molecule has 0 spiro atoms. The molecule has 2 aromatic rings. The smallest absolute Gasteiger partial charge is 0.197 e. The van der Waals surface area contributed by atoms with Gasteiger partial charge in [0.15, 0.2) is 5.78 Å². The van der Waals surface area contributed by atoms with E-state index in [0.29, 0.717) is 26.4 Å².